The summed E-state index contributed by atoms with van der Waals surface area (Å²) in [5, 5.41) is 10.8. The van der Waals surface area contributed by atoms with Gasteiger partial charge in [-0.15, -0.1) is 16.9 Å². The van der Waals surface area contributed by atoms with E-state index in [9.17, 15) is 18.8 Å². The number of aromatic nitrogens is 3. The van der Waals surface area contributed by atoms with Crippen molar-refractivity contribution >= 4 is 40.2 Å². The van der Waals surface area contributed by atoms with E-state index in [0.717, 1.165) is 16.4 Å². The zero-order valence-electron chi connectivity index (χ0n) is 17.1. The van der Waals surface area contributed by atoms with Gasteiger partial charge < -0.3 is 10.1 Å². The first kappa shape index (κ1) is 22.2. The lowest BCUT2D eigenvalue weighted by atomic mass is 10.2. The number of nitrogens with zero attached hydrogens (tertiary/aromatic N) is 3. The molecule has 0 aliphatic heterocycles. The highest BCUT2D eigenvalue weighted by atomic mass is 32.2. The fourth-order valence-corrected chi connectivity index (χ4v) is 3.78. The van der Waals surface area contributed by atoms with Crippen LogP contribution in [0.4, 0.5) is 10.1 Å². The molecular formula is C23H17FN4O4S. The van der Waals surface area contributed by atoms with E-state index < -0.39 is 24.1 Å². The van der Waals surface area contributed by atoms with Gasteiger partial charge in [-0.3, -0.25) is 9.59 Å². The maximum atomic E-state index is 13.0. The van der Waals surface area contributed by atoms with Crippen LogP contribution in [0, 0.1) is 5.82 Å². The first-order valence-electron chi connectivity index (χ1n) is 9.78. The van der Waals surface area contributed by atoms with Gasteiger partial charge in [0.1, 0.15) is 11.3 Å². The average Bonchev–Trinajstić information content (AvgIpc) is 2.84. The molecule has 0 radical (unpaired) electrons. The first-order valence-corrected chi connectivity index (χ1v) is 10.8. The van der Waals surface area contributed by atoms with Crippen molar-refractivity contribution in [1.29, 1.82) is 0 Å². The van der Waals surface area contributed by atoms with Crippen LogP contribution < -0.4 is 10.9 Å². The Morgan fingerprint density at radius 1 is 1.00 bits per heavy atom. The molecule has 1 amide bonds. The zero-order valence-corrected chi connectivity index (χ0v) is 17.9. The summed E-state index contributed by atoms with van der Waals surface area (Å²) < 4.78 is 19.2. The molecule has 4 rings (SSSR count). The number of rotatable bonds is 7. The number of nitrogens with one attached hydrogen (secondary N) is 1. The summed E-state index contributed by atoms with van der Waals surface area (Å²) in [6, 6.07) is 18.8. The Kier molecular flexibility index (Phi) is 6.75. The van der Waals surface area contributed by atoms with Gasteiger partial charge >= 0.3 is 5.97 Å². The Hall–Kier alpha value is -4.05. The normalized spacial score (nSPS) is 10.7. The number of fused-ring (bicyclic) bond motifs is 1. The smallest absolute Gasteiger partial charge is 0.341 e. The van der Waals surface area contributed by atoms with Gasteiger partial charge in [-0.05, 0) is 48.5 Å². The van der Waals surface area contributed by atoms with Gasteiger partial charge in [-0.1, -0.05) is 29.5 Å². The van der Waals surface area contributed by atoms with Crippen molar-refractivity contribution in [3.8, 4) is 0 Å². The Morgan fingerprint density at radius 2 is 1.73 bits per heavy atom. The SMILES string of the molecule is O=C(CSc1ccccc1C(=O)OCn1nnc2ccccc2c1=O)Nc1ccc(F)cc1. The molecule has 166 valence electrons. The number of thioether (sulfide) groups is 1. The molecule has 4 aromatic rings. The van der Waals surface area contributed by atoms with E-state index in [1.807, 2.05) is 0 Å². The monoisotopic (exact) mass is 464 g/mol. The number of esters is 1. The van der Waals surface area contributed by atoms with Crippen molar-refractivity contribution in [3.05, 3.63) is 94.5 Å². The summed E-state index contributed by atoms with van der Waals surface area (Å²) >= 11 is 1.15. The van der Waals surface area contributed by atoms with Crippen LogP contribution in [0.3, 0.4) is 0 Å². The Labute approximate surface area is 191 Å². The lowest BCUT2D eigenvalue weighted by Gasteiger charge is -2.10. The number of carbonyl (C=O) groups excluding carboxylic acids is 2. The maximum Gasteiger partial charge on any atom is 0.341 e. The van der Waals surface area contributed by atoms with E-state index in [1.165, 1.54) is 24.3 Å². The van der Waals surface area contributed by atoms with Crippen LogP contribution in [-0.4, -0.2) is 32.6 Å². The standard InChI is InChI=1S/C23H17FN4O4S/c24-15-9-11-16(12-10-15)25-21(29)13-33-20-8-4-2-6-18(20)23(31)32-14-28-22(30)17-5-1-3-7-19(17)26-27-28/h1-12H,13-14H2,(H,25,29). The predicted octanol–water partition coefficient (Wildman–Crippen LogP) is 3.48. The summed E-state index contributed by atoms with van der Waals surface area (Å²) in [7, 11) is 0. The van der Waals surface area contributed by atoms with Crippen LogP contribution in [0.15, 0.2) is 82.5 Å². The fraction of sp³-hybridized carbons (Fsp3) is 0.0870. The second-order valence-electron chi connectivity index (χ2n) is 6.81. The van der Waals surface area contributed by atoms with E-state index in [2.05, 4.69) is 15.6 Å². The summed E-state index contributed by atoms with van der Waals surface area (Å²) in [5.41, 5.74) is 0.745. The molecule has 0 fully saturated rings. The first-order chi connectivity index (χ1) is 16.0. The van der Waals surface area contributed by atoms with E-state index in [1.54, 1.807) is 48.5 Å². The lowest BCUT2D eigenvalue weighted by Crippen LogP contribution is -2.26. The summed E-state index contributed by atoms with van der Waals surface area (Å²) in [5.74, 6) is -1.35. The molecule has 3 aromatic carbocycles. The molecule has 0 saturated heterocycles. The maximum absolute atomic E-state index is 13.0. The van der Waals surface area contributed by atoms with Crippen molar-refractivity contribution in [2.75, 3.05) is 11.1 Å². The van der Waals surface area contributed by atoms with E-state index in [0.29, 0.717) is 21.5 Å². The molecule has 33 heavy (non-hydrogen) atoms. The molecule has 0 aliphatic rings. The van der Waals surface area contributed by atoms with Gasteiger partial charge in [0.15, 0.2) is 6.73 Å². The quantitative estimate of drug-likeness (QED) is 0.330. The largest absolute Gasteiger partial charge is 0.439 e. The second kappa shape index (κ2) is 10.0. The Balaban J connectivity index is 1.40. The van der Waals surface area contributed by atoms with Gasteiger partial charge in [0.05, 0.1) is 16.7 Å². The van der Waals surface area contributed by atoms with Crippen LogP contribution >= 0.6 is 11.8 Å². The van der Waals surface area contributed by atoms with Crippen LogP contribution in [0.1, 0.15) is 10.4 Å². The number of carbonyl (C=O) groups is 2. The van der Waals surface area contributed by atoms with Gasteiger partial charge in [-0.2, -0.15) is 4.68 Å². The van der Waals surface area contributed by atoms with Crippen LogP contribution in [0.25, 0.3) is 10.9 Å². The van der Waals surface area contributed by atoms with Crippen molar-refractivity contribution < 1.29 is 18.7 Å². The molecule has 0 saturated carbocycles. The highest BCUT2D eigenvalue weighted by Gasteiger charge is 2.15. The number of benzene rings is 3. The molecule has 0 aliphatic carbocycles. The van der Waals surface area contributed by atoms with E-state index in [4.69, 9.17) is 4.74 Å². The topological polar surface area (TPSA) is 103 Å². The Morgan fingerprint density at radius 3 is 2.55 bits per heavy atom. The number of anilines is 1. The number of ether oxygens (including phenoxy) is 1. The molecule has 1 aromatic heterocycles. The van der Waals surface area contributed by atoms with Gasteiger partial charge in [0, 0.05) is 10.6 Å². The molecular weight excluding hydrogens is 447 g/mol. The van der Waals surface area contributed by atoms with Gasteiger partial charge in [0.25, 0.3) is 5.56 Å². The minimum atomic E-state index is -0.668. The van der Waals surface area contributed by atoms with Crippen LogP contribution in [0.2, 0.25) is 0 Å². The summed E-state index contributed by atoms with van der Waals surface area (Å²) in [6.07, 6.45) is 0. The molecule has 1 heterocycles. The van der Waals surface area contributed by atoms with Crippen LogP contribution in [-0.2, 0) is 16.3 Å². The number of amides is 1. The molecule has 10 heteroatoms. The average molecular weight is 464 g/mol. The fourth-order valence-electron chi connectivity index (χ4n) is 2.94. The Bertz CT molecular complexity index is 1380. The highest BCUT2D eigenvalue weighted by molar-refractivity contribution is 8.00. The van der Waals surface area contributed by atoms with Crippen molar-refractivity contribution in [2.45, 2.75) is 11.6 Å². The summed E-state index contributed by atoms with van der Waals surface area (Å²) in [4.78, 5) is 37.9. The lowest BCUT2D eigenvalue weighted by molar-refractivity contribution is -0.113. The van der Waals surface area contributed by atoms with Crippen molar-refractivity contribution in [2.24, 2.45) is 0 Å². The van der Waals surface area contributed by atoms with Gasteiger partial charge in [-0.25, -0.2) is 9.18 Å². The van der Waals surface area contributed by atoms with Gasteiger partial charge in [0.2, 0.25) is 5.91 Å². The number of halogens is 1. The summed E-state index contributed by atoms with van der Waals surface area (Å²) in [6.45, 7) is -0.403. The van der Waals surface area contributed by atoms with Crippen molar-refractivity contribution in [1.82, 2.24) is 15.0 Å². The second-order valence-corrected chi connectivity index (χ2v) is 7.83. The predicted molar refractivity (Wildman–Crippen MR) is 121 cm³/mol. The minimum absolute atomic E-state index is 0.0251. The minimum Gasteiger partial charge on any atom is -0.439 e. The number of hydrogen-bond donors (Lipinski definition) is 1. The van der Waals surface area contributed by atoms with Crippen molar-refractivity contribution in [3.63, 3.8) is 0 Å². The third-order valence-corrected chi connectivity index (χ3v) is 5.61. The van der Waals surface area contributed by atoms with E-state index in [-0.39, 0.29) is 17.2 Å². The zero-order chi connectivity index (χ0) is 23.2. The molecule has 1 N–H and O–H groups in total. The number of hydrogen-bond acceptors (Lipinski definition) is 7. The molecule has 0 unspecified atom stereocenters. The highest BCUT2D eigenvalue weighted by Crippen LogP contribution is 2.24. The van der Waals surface area contributed by atoms with E-state index >= 15 is 0 Å². The molecule has 0 atom stereocenters. The third-order valence-electron chi connectivity index (χ3n) is 4.54. The molecule has 0 spiro atoms. The molecule has 8 nitrogen and oxygen atoms in total. The molecule has 0 bridgehead atoms. The third kappa shape index (κ3) is 5.42. The van der Waals surface area contributed by atoms with Crippen LogP contribution in [0.5, 0.6) is 0 Å².